The fraction of sp³-hybridized carbons (Fsp3) is 0.500. The molecule has 19 heavy (non-hydrogen) atoms. The van der Waals surface area contributed by atoms with Gasteiger partial charge in [0.05, 0.1) is 19.8 Å². The van der Waals surface area contributed by atoms with Crippen LogP contribution in [-0.2, 0) is 17.0 Å². The molecule has 0 radical (unpaired) electrons. The van der Waals surface area contributed by atoms with Crippen molar-refractivity contribution in [2.24, 2.45) is 4.99 Å². The van der Waals surface area contributed by atoms with Gasteiger partial charge in [0.15, 0.2) is 11.5 Å². The van der Waals surface area contributed by atoms with E-state index in [4.69, 9.17) is 9.47 Å². The van der Waals surface area contributed by atoms with Crippen molar-refractivity contribution in [3.05, 3.63) is 23.3 Å². The van der Waals surface area contributed by atoms with E-state index in [1.165, 1.54) is 19.9 Å². The van der Waals surface area contributed by atoms with Crippen LogP contribution < -0.4 is 9.47 Å². The first-order chi connectivity index (χ1) is 9.02. The van der Waals surface area contributed by atoms with Gasteiger partial charge in [0.25, 0.3) is 0 Å². The lowest BCUT2D eigenvalue weighted by Gasteiger charge is -2.20. The Morgan fingerprint density at radius 1 is 1.32 bits per heavy atom. The van der Waals surface area contributed by atoms with Gasteiger partial charge in [0, 0.05) is 6.42 Å². The average molecular weight is 265 g/mol. The first-order valence-electron chi connectivity index (χ1n) is 6.18. The summed E-state index contributed by atoms with van der Waals surface area (Å²) in [4.78, 5) is 13.8. The van der Waals surface area contributed by atoms with Gasteiger partial charge < -0.3 is 9.47 Å². The Bertz CT molecular complexity index is 516. The number of fused-ring (bicyclic) bond motifs is 1. The van der Waals surface area contributed by atoms with Crippen LogP contribution in [0.3, 0.4) is 0 Å². The van der Waals surface area contributed by atoms with Gasteiger partial charge >= 0.3 is 0 Å². The van der Waals surface area contributed by atoms with Gasteiger partial charge in [0.2, 0.25) is 6.08 Å². The van der Waals surface area contributed by atoms with Gasteiger partial charge in [-0.05, 0) is 37.1 Å². The number of halogens is 1. The molecule has 0 aliphatic carbocycles. The molecule has 0 amide bonds. The molecule has 0 saturated heterocycles. The first-order valence-corrected chi connectivity index (χ1v) is 6.18. The molecule has 5 heteroatoms. The number of carbonyl (C=O) groups excluding carboxylic acids is 1. The molecule has 0 saturated carbocycles. The van der Waals surface area contributed by atoms with Gasteiger partial charge in [-0.1, -0.05) is 0 Å². The monoisotopic (exact) mass is 265 g/mol. The summed E-state index contributed by atoms with van der Waals surface area (Å²) in [5, 5.41) is 0. The molecule has 0 bridgehead atoms. The Hall–Kier alpha value is -1.87. The minimum absolute atomic E-state index is 0.0861. The normalized spacial score (nSPS) is 14.5. The predicted molar refractivity (Wildman–Crippen MR) is 68.0 cm³/mol. The maximum atomic E-state index is 14.2. The smallest absolute Gasteiger partial charge is 0.235 e. The van der Waals surface area contributed by atoms with E-state index in [1.54, 1.807) is 12.1 Å². The number of rotatable bonds is 3. The predicted octanol–water partition coefficient (Wildman–Crippen LogP) is 2.89. The Kier molecular flexibility index (Phi) is 3.86. The standard InChI is InChI=1S/C14H16FNO3/c1-14(2,15)11-7-13-12(18-4-3-5-19-13)6-10(11)8-16-9-17/h6-7H,3-5,8H2,1-2H3. The molecule has 1 aliphatic rings. The molecule has 0 atom stereocenters. The van der Waals surface area contributed by atoms with Gasteiger partial charge in [-0.15, -0.1) is 0 Å². The molecule has 1 aliphatic heterocycles. The van der Waals surface area contributed by atoms with Crippen LogP contribution >= 0.6 is 0 Å². The van der Waals surface area contributed by atoms with Crippen molar-refractivity contribution >= 4 is 6.08 Å². The Labute approximate surface area is 111 Å². The van der Waals surface area contributed by atoms with E-state index in [0.717, 1.165) is 6.42 Å². The van der Waals surface area contributed by atoms with Gasteiger partial charge in [-0.25, -0.2) is 14.2 Å². The molecule has 1 aromatic carbocycles. The Morgan fingerprint density at radius 2 is 1.95 bits per heavy atom. The number of ether oxygens (including phenoxy) is 2. The van der Waals surface area contributed by atoms with Gasteiger partial charge in [0.1, 0.15) is 5.67 Å². The van der Waals surface area contributed by atoms with Crippen molar-refractivity contribution in [3.8, 4) is 11.5 Å². The van der Waals surface area contributed by atoms with Crippen LogP contribution in [0.5, 0.6) is 11.5 Å². The third-order valence-corrected chi connectivity index (χ3v) is 2.93. The minimum atomic E-state index is -1.54. The topological polar surface area (TPSA) is 47.9 Å². The molecule has 0 fully saturated rings. The second kappa shape index (κ2) is 5.41. The van der Waals surface area contributed by atoms with Crippen LogP contribution in [0.25, 0.3) is 0 Å². The summed E-state index contributed by atoms with van der Waals surface area (Å²) >= 11 is 0. The van der Waals surface area contributed by atoms with Crippen molar-refractivity contribution in [3.63, 3.8) is 0 Å². The highest BCUT2D eigenvalue weighted by molar-refractivity contribution is 5.50. The van der Waals surface area contributed by atoms with E-state index < -0.39 is 5.67 Å². The summed E-state index contributed by atoms with van der Waals surface area (Å²) in [7, 11) is 0. The third-order valence-electron chi connectivity index (χ3n) is 2.93. The zero-order valence-corrected chi connectivity index (χ0v) is 11.0. The largest absolute Gasteiger partial charge is 0.490 e. The molecule has 1 aromatic rings. The number of alkyl halides is 1. The van der Waals surface area contributed by atoms with E-state index in [-0.39, 0.29) is 6.54 Å². The molecule has 2 rings (SSSR count). The fourth-order valence-corrected chi connectivity index (χ4v) is 2.05. The number of benzene rings is 1. The molecular weight excluding hydrogens is 249 g/mol. The average Bonchev–Trinajstić information content (AvgIpc) is 2.58. The Balaban J connectivity index is 2.50. The number of hydrogen-bond donors (Lipinski definition) is 0. The molecule has 0 aromatic heterocycles. The second-order valence-electron chi connectivity index (χ2n) is 4.89. The lowest BCUT2D eigenvalue weighted by molar-refractivity contribution is 0.218. The zero-order chi connectivity index (χ0) is 13.9. The quantitative estimate of drug-likeness (QED) is 0.623. The zero-order valence-electron chi connectivity index (χ0n) is 11.0. The van der Waals surface area contributed by atoms with E-state index in [1.807, 2.05) is 0 Å². The van der Waals surface area contributed by atoms with Crippen molar-refractivity contribution in [1.29, 1.82) is 0 Å². The maximum Gasteiger partial charge on any atom is 0.235 e. The second-order valence-corrected chi connectivity index (χ2v) is 4.89. The molecule has 102 valence electrons. The molecular formula is C14H16FNO3. The summed E-state index contributed by atoms with van der Waals surface area (Å²) in [6.45, 7) is 4.11. The summed E-state index contributed by atoms with van der Waals surface area (Å²) in [6.07, 6.45) is 2.25. The summed E-state index contributed by atoms with van der Waals surface area (Å²) in [6, 6.07) is 3.33. The first kappa shape index (κ1) is 13.6. The summed E-state index contributed by atoms with van der Waals surface area (Å²) < 4.78 is 25.3. The lowest BCUT2D eigenvalue weighted by Crippen LogP contribution is -2.13. The highest BCUT2D eigenvalue weighted by Gasteiger charge is 2.25. The van der Waals surface area contributed by atoms with E-state index in [0.29, 0.717) is 35.8 Å². The van der Waals surface area contributed by atoms with Crippen LogP contribution in [-0.4, -0.2) is 19.3 Å². The van der Waals surface area contributed by atoms with E-state index in [9.17, 15) is 9.18 Å². The fourth-order valence-electron chi connectivity index (χ4n) is 2.05. The van der Waals surface area contributed by atoms with Crippen LogP contribution in [0, 0.1) is 0 Å². The van der Waals surface area contributed by atoms with E-state index >= 15 is 0 Å². The number of nitrogens with zero attached hydrogens (tertiary/aromatic N) is 1. The SMILES string of the molecule is CC(C)(F)c1cc2c(cc1CN=C=O)OCCCO2. The molecule has 0 spiro atoms. The van der Waals surface area contributed by atoms with Crippen molar-refractivity contribution in [2.45, 2.75) is 32.5 Å². The highest BCUT2D eigenvalue weighted by Crippen LogP contribution is 2.38. The maximum absolute atomic E-state index is 14.2. The van der Waals surface area contributed by atoms with E-state index in [2.05, 4.69) is 4.99 Å². The van der Waals surface area contributed by atoms with Crippen LogP contribution in [0.15, 0.2) is 17.1 Å². The van der Waals surface area contributed by atoms with Crippen LogP contribution in [0.4, 0.5) is 4.39 Å². The summed E-state index contributed by atoms with van der Waals surface area (Å²) in [5.41, 5.74) is -0.478. The number of aliphatic imine (C=N–C) groups is 1. The third kappa shape index (κ3) is 3.12. The Morgan fingerprint density at radius 3 is 2.53 bits per heavy atom. The molecule has 4 nitrogen and oxygen atoms in total. The number of isocyanates is 1. The molecule has 0 N–H and O–H groups in total. The summed E-state index contributed by atoms with van der Waals surface area (Å²) in [5.74, 6) is 1.11. The van der Waals surface area contributed by atoms with Crippen LogP contribution in [0.1, 0.15) is 31.4 Å². The van der Waals surface area contributed by atoms with Gasteiger partial charge in [-0.2, -0.15) is 0 Å². The number of hydrogen-bond acceptors (Lipinski definition) is 4. The lowest BCUT2D eigenvalue weighted by atomic mass is 9.94. The highest BCUT2D eigenvalue weighted by atomic mass is 19.1. The van der Waals surface area contributed by atoms with Crippen molar-refractivity contribution in [1.82, 2.24) is 0 Å². The molecule has 1 heterocycles. The van der Waals surface area contributed by atoms with Crippen molar-refractivity contribution in [2.75, 3.05) is 13.2 Å². The minimum Gasteiger partial charge on any atom is -0.490 e. The molecule has 0 unspecified atom stereocenters. The van der Waals surface area contributed by atoms with Crippen LogP contribution in [0.2, 0.25) is 0 Å². The van der Waals surface area contributed by atoms with Crippen molar-refractivity contribution < 1.29 is 18.7 Å². The van der Waals surface area contributed by atoms with Gasteiger partial charge in [-0.3, -0.25) is 0 Å².